The Morgan fingerprint density at radius 1 is 0.786 bits per heavy atom. The second-order valence-corrected chi connectivity index (χ2v) is 6.22. The number of hydrazone groups is 1. The maximum atomic E-state index is 4.77. The highest BCUT2D eigenvalue weighted by Gasteiger charge is 2.10. The summed E-state index contributed by atoms with van der Waals surface area (Å²) in [7, 11) is 1.86. The van der Waals surface area contributed by atoms with Gasteiger partial charge in [-0.05, 0) is 22.8 Å². The van der Waals surface area contributed by atoms with E-state index in [1.807, 2.05) is 67.7 Å². The largest absolute Gasteiger partial charge is 0.251 e. The molecule has 0 amide bonds. The first kappa shape index (κ1) is 19.1. The van der Waals surface area contributed by atoms with Crippen molar-refractivity contribution in [2.75, 3.05) is 7.05 Å². The first-order valence-corrected chi connectivity index (χ1v) is 9.06. The summed E-state index contributed by atoms with van der Waals surface area (Å²) in [6, 6.07) is 28.5. The fourth-order valence-electron chi connectivity index (χ4n) is 2.79. The maximum absolute atomic E-state index is 4.77. The van der Waals surface area contributed by atoms with Crippen LogP contribution < -0.4 is 0 Å². The van der Waals surface area contributed by atoms with Crippen molar-refractivity contribution in [1.29, 1.82) is 0 Å². The molecule has 28 heavy (non-hydrogen) atoms. The second-order valence-electron chi connectivity index (χ2n) is 6.22. The lowest BCUT2D eigenvalue weighted by atomic mass is 10.0. The fourth-order valence-corrected chi connectivity index (χ4v) is 2.79. The minimum Gasteiger partial charge on any atom is -0.251 e. The summed E-state index contributed by atoms with van der Waals surface area (Å²) < 4.78 is 0. The molecule has 3 heteroatoms. The molecule has 138 valence electrons. The van der Waals surface area contributed by atoms with Crippen LogP contribution in [0, 0.1) is 0 Å². The van der Waals surface area contributed by atoms with Crippen molar-refractivity contribution < 1.29 is 0 Å². The zero-order valence-corrected chi connectivity index (χ0v) is 16.0. The number of hydrogen-bond acceptors (Lipinski definition) is 2. The number of benzene rings is 3. The normalized spacial score (nSPS) is 11.4. The van der Waals surface area contributed by atoms with Crippen molar-refractivity contribution in [2.24, 2.45) is 10.1 Å². The first-order valence-electron chi connectivity index (χ1n) is 9.06. The Balaban J connectivity index is 1.90. The van der Waals surface area contributed by atoms with Crippen molar-refractivity contribution in [2.45, 2.75) is 0 Å². The summed E-state index contributed by atoms with van der Waals surface area (Å²) >= 11 is 0. The summed E-state index contributed by atoms with van der Waals surface area (Å²) in [6.07, 6.45) is 3.27. The van der Waals surface area contributed by atoms with Gasteiger partial charge in [0.05, 0.1) is 5.70 Å². The predicted octanol–water partition coefficient (Wildman–Crippen LogP) is 5.87. The van der Waals surface area contributed by atoms with Gasteiger partial charge in [0.1, 0.15) is 0 Å². The van der Waals surface area contributed by atoms with Crippen LogP contribution in [-0.2, 0) is 0 Å². The van der Waals surface area contributed by atoms with Crippen LogP contribution in [0.15, 0.2) is 114 Å². The molecule has 0 saturated heterocycles. The molecule has 0 spiro atoms. The van der Waals surface area contributed by atoms with E-state index >= 15 is 0 Å². The summed E-state index contributed by atoms with van der Waals surface area (Å²) in [6.45, 7) is 7.84. The van der Waals surface area contributed by atoms with Gasteiger partial charge in [0.15, 0.2) is 5.84 Å². The van der Waals surface area contributed by atoms with Gasteiger partial charge in [0.25, 0.3) is 0 Å². The van der Waals surface area contributed by atoms with Crippen LogP contribution in [0.3, 0.4) is 0 Å². The minimum atomic E-state index is 0.680. The van der Waals surface area contributed by atoms with Crippen molar-refractivity contribution in [3.63, 3.8) is 0 Å². The lowest BCUT2D eigenvalue weighted by Crippen LogP contribution is -2.22. The Morgan fingerprint density at radius 3 is 1.96 bits per heavy atom. The molecule has 0 aliphatic heterocycles. The highest BCUT2D eigenvalue weighted by molar-refractivity contribution is 6.01. The summed E-state index contributed by atoms with van der Waals surface area (Å²) in [5.74, 6) is 0.718. The molecule has 0 radical (unpaired) electrons. The minimum absolute atomic E-state index is 0.680. The second kappa shape index (κ2) is 9.28. The molecule has 3 nitrogen and oxygen atoms in total. The molecule has 0 heterocycles. The van der Waals surface area contributed by atoms with Crippen LogP contribution in [-0.4, -0.2) is 24.1 Å². The quantitative estimate of drug-likeness (QED) is 0.305. The van der Waals surface area contributed by atoms with Gasteiger partial charge in [-0.25, -0.2) is 4.99 Å². The first-order chi connectivity index (χ1) is 13.7. The highest BCUT2D eigenvalue weighted by Crippen LogP contribution is 2.23. The average Bonchev–Trinajstić information content (AvgIpc) is 2.77. The average molecular weight is 365 g/mol. The van der Waals surface area contributed by atoms with E-state index in [0.717, 1.165) is 22.5 Å². The maximum Gasteiger partial charge on any atom is 0.156 e. The van der Waals surface area contributed by atoms with Gasteiger partial charge in [-0.2, -0.15) is 5.10 Å². The number of aliphatic imine (C=N–C) groups is 1. The van der Waals surface area contributed by atoms with E-state index in [0.29, 0.717) is 5.70 Å². The molecule has 0 aliphatic rings. The molecule has 3 aromatic carbocycles. The molecule has 0 unspecified atom stereocenters. The summed E-state index contributed by atoms with van der Waals surface area (Å²) in [4.78, 5) is 4.77. The van der Waals surface area contributed by atoms with Gasteiger partial charge in [-0.3, -0.25) is 5.01 Å². The highest BCUT2D eigenvalue weighted by atomic mass is 15.5. The fraction of sp³-hybridized carbons (Fsp3) is 0.0400. The smallest absolute Gasteiger partial charge is 0.156 e. The number of allylic oxidation sites excluding steroid dienone is 1. The summed E-state index contributed by atoms with van der Waals surface area (Å²) in [5, 5.41) is 6.06. The van der Waals surface area contributed by atoms with Crippen molar-refractivity contribution in [1.82, 2.24) is 5.01 Å². The topological polar surface area (TPSA) is 28.0 Å². The molecule has 0 saturated carbocycles. The zero-order chi connectivity index (χ0) is 19.8. The number of rotatable bonds is 6. The van der Waals surface area contributed by atoms with E-state index < -0.39 is 0 Å². The lowest BCUT2D eigenvalue weighted by molar-refractivity contribution is 0.549. The van der Waals surface area contributed by atoms with Crippen LogP contribution in [0.25, 0.3) is 16.8 Å². The Hall–Kier alpha value is -3.72. The van der Waals surface area contributed by atoms with E-state index in [1.54, 1.807) is 17.3 Å². The Morgan fingerprint density at radius 2 is 1.36 bits per heavy atom. The van der Waals surface area contributed by atoms with E-state index in [-0.39, 0.29) is 0 Å². The third-order valence-corrected chi connectivity index (χ3v) is 4.25. The molecule has 0 aromatic heterocycles. The van der Waals surface area contributed by atoms with Crippen LogP contribution in [0.5, 0.6) is 0 Å². The molecule has 0 fully saturated rings. The molecule has 0 bridgehead atoms. The van der Waals surface area contributed by atoms with Gasteiger partial charge < -0.3 is 0 Å². The van der Waals surface area contributed by atoms with Crippen molar-refractivity contribution in [3.8, 4) is 11.1 Å². The van der Waals surface area contributed by atoms with E-state index in [2.05, 4.69) is 42.5 Å². The van der Waals surface area contributed by atoms with Gasteiger partial charge >= 0.3 is 0 Å². The van der Waals surface area contributed by atoms with Crippen LogP contribution in [0.4, 0.5) is 0 Å². The van der Waals surface area contributed by atoms with E-state index in [4.69, 9.17) is 4.99 Å². The van der Waals surface area contributed by atoms with Crippen molar-refractivity contribution >= 4 is 17.7 Å². The Labute approximate surface area is 166 Å². The Bertz CT molecular complexity index is 985. The van der Waals surface area contributed by atoms with Gasteiger partial charge in [-0.1, -0.05) is 98.1 Å². The molecule has 0 N–H and O–H groups in total. The van der Waals surface area contributed by atoms with Gasteiger partial charge in [-0.15, -0.1) is 0 Å². The number of hydrogen-bond donors (Lipinski definition) is 0. The van der Waals surface area contributed by atoms with E-state index in [1.165, 1.54) is 5.56 Å². The monoisotopic (exact) mass is 365 g/mol. The van der Waals surface area contributed by atoms with Gasteiger partial charge in [0.2, 0.25) is 0 Å². The third kappa shape index (κ3) is 4.71. The standard InChI is InChI=1S/C25H23N3/c1-4-19-26-28(3)25(24-13-9-6-10-14-24)27-20(2)21-15-17-23(18-16-21)22-11-7-5-8-12-22/h4-19H,1-2H2,3H3/b26-19-,27-25-. The van der Waals surface area contributed by atoms with Crippen molar-refractivity contribution in [3.05, 3.63) is 115 Å². The molecular formula is C25H23N3. The molecular weight excluding hydrogens is 342 g/mol. The third-order valence-electron chi connectivity index (χ3n) is 4.25. The number of amidine groups is 1. The Kier molecular flexibility index (Phi) is 6.32. The number of nitrogens with zero attached hydrogens (tertiary/aromatic N) is 3. The molecule has 0 atom stereocenters. The molecule has 3 aromatic rings. The SMILES string of the molecule is C=C/C=N\N(C)/C(=N\C(=C)c1ccc(-c2ccccc2)cc1)c1ccccc1. The van der Waals surface area contributed by atoms with Gasteiger partial charge in [0, 0.05) is 18.8 Å². The molecule has 3 rings (SSSR count). The zero-order valence-electron chi connectivity index (χ0n) is 16.0. The molecule has 0 aliphatic carbocycles. The lowest BCUT2D eigenvalue weighted by Gasteiger charge is -2.16. The predicted molar refractivity (Wildman–Crippen MR) is 120 cm³/mol. The van der Waals surface area contributed by atoms with Crippen LogP contribution in [0.2, 0.25) is 0 Å². The summed E-state index contributed by atoms with van der Waals surface area (Å²) in [5.41, 5.74) is 4.96. The van der Waals surface area contributed by atoms with Crippen LogP contribution in [0.1, 0.15) is 11.1 Å². The van der Waals surface area contributed by atoms with Crippen LogP contribution >= 0.6 is 0 Å². The van der Waals surface area contributed by atoms with E-state index in [9.17, 15) is 0 Å².